The Hall–Kier alpha value is -2.09. The second-order valence-corrected chi connectivity index (χ2v) is 2.86. The maximum absolute atomic E-state index is 8.74. The number of aromatic nitrogens is 2. The zero-order valence-corrected chi connectivity index (χ0v) is 7.61. The highest BCUT2D eigenvalue weighted by Gasteiger charge is 2.11. The molecule has 5 heteroatoms. The van der Waals surface area contributed by atoms with Crippen molar-refractivity contribution in [2.45, 2.75) is 13.3 Å². The number of hydrogen-bond donors (Lipinski definition) is 1. The number of fused-ring (bicyclic) bond motifs is 1. The molecule has 2 N–H and O–H groups in total. The van der Waals surface area contributed by atoms with E-state index in [2.05, 4.69) is 10.1 Å². The summed E-state index contributed by atoms with van der Waals surface area (Å²) in [5.74, 6) is 0.300. The highest BCUT2D eigenvalue weighted by atomic mass is 16.5. The van der Waals surface area contributed by atoms with E-state index in [9.17, 15) is 0 Å². The molecule has 5 nitrogen and oxygen atoms in total. The molecule has 2 aromatic rings. The summed E-state index contributed by atoms with van der Waals surface area (Å²) in [5, 5.41) is 13.0. The topological polar surface area (TPSA) is 88.7 Å². The molecule has 0 aliphatic rings. The third kappa shape index (κ3) is 1.09. The summed E-state index contributed by atoms with van der Waals surface area (Å²) in [5.41, 5.74) is 7.20. The Bertz CT molecular complexity index is 523. The van der Waals surface area contributed by atoms with Crippen LogP contribution in [0.3, 0.4) is 0 Å². The molecule has 0 radical (unpaired) electrons. The van der Waals surface area contributed by atoms with Crippen molar-refractivity contribution < 1.29 is 4.52 Å². The lowest BCUT2D eigenvalue weighted by molar-refractivity contribution is 0.457. The van der Waals surface area contributed by atoms with Gasteiger partial charge in [-0.25, -0.2) is 4.98 Å². The first-order chi connectivity index (χ1) is 6.76. The largest absolute Gasteiger partial charge is 0.380 e. The number of aryl methyl sites for hydroxylation is 1. The van der Waals surface area contributed by atoms with E-state index in [1.54, 1.807) is 6.07 Å². The molecule has 2 heterocycles. The minimum atomic E-state index is 0.300. The molecule has 0 amide bonds. The maximum Gasteiger partial charge on any atom is 0.190 e. The number of hydrogen-bond acceptors (Lipinski definition) is 5. The monoisotopic (exact) mass is 188 g/mol. The molecular weight excluding hydrogens is 180 g/mol. The van der Waals surface area contributed by atoms with Crippen LogP contribution in [0.5, 0.6) is 0 Å². The first-order valence-corrected chi connectivity index (χ1v) is 4.21. The minimum Gasteiger partial charge on any atom is -0.380 e. The molecule has 0 aromatic carbocycles. The molecule has 2 rings (SSSR count). The van der Waals surface area contributed by atoms with E-state index >= 15 is 0 Å². The molecule has 0 spiro atoms. The minimum absolute atomic E-state index is 0.300. The molecule has 0 saturated carbocycles. The fourth-order valence-electron chi connectivity index (χ4n) is 1.32. The van der Waals surface area contributed by atoms with Gasteiger partial charge in [-0.1, -0.05) is 12.1 Å². The first-order valence-electron chi connectivity index (χ1n) is 4.21. The number of nitriles is 1. The van der Waals surface area contributed by atoms with Crippen molar-refractivity contribution in [3.8, 4) is 6.07 Å². The second-order valence-electron chi connectivity index (χ2n) is 2.86. The van der Waals surface area contributed by atoms with E-state index in [1.165, 1.54) is 0 Å². The SMILES string of the molecule is CCc1nc(C#N)cc2c(N)noc12. The van der Waals surface area contributed by atoms with Crippen LogP contribution in [0.2, 0.25) is 0 Å². The maximum atomic E-state index is 8.74. The first kappa shape index (κ1) is 8.51. The molecule has 0 aliphatic heterocycles. The molecule has 0 unspecified atom stereocenters. The van der Waals surface area contributed by atoms with Gasteiger partial charge in [0.1, 0.15) is 11.8 Å². The molecule has 0 bridgehead atoms. The normalized spacial score (nSPS) is 10.3. The summed E-state index contributed by atoms with van der Waals surface area (Å²) < 4.78 is 5.02. The second kappa shape index (κ2) is 3.00. The molecular formula is C9H8N4O. The molecule has 70 valence electrons. The lowest BCUT2D eigenvalue weighted by Gasteiger charge is -1.96. The predicted molar refractivity (Wildman–Crippen MR) is 50.3 cm³/mol. The van der Waals surface area contributed by atoms with Crippen LogP contribution in [0.1, 0.15) is 18.3 Å². The van der Waals surface area contributed by atoms with Crippen molar-refractivity contribution in [3.05, 3.63) is 17.5 Å². The molecule has 14 heavy (non-hydrogen) atoms. The Morgan fingerprint density at radius 3 is 3.07 bits per heavy atom. The number of nitrogen functional groups attached to an aromatic ring is 1. The number of rotatable bonds is 1. The standard InChI is InChI=1S/C9H8N4O/c1-2-7-8-6(9(11)13-14-8)3-5(4-10)12-7/h3H,2H2,1H3,(H2,11,13). The van der Waals surface area contributed by atoms with Gasteiger partial charge < -0.3 is 10.3 Å². The van der Waals surface area contributed by atoms with Gasteiger partial charge in [-0.2, -0.15) is 5.26 Å². The number of pyridine rings is 1. The summed E-state index contributed by atoms with van der Waals surface area (Å²) in [4.78, 5) is 4.10. The van der Waals surface area contributed by atoms with Crippen LogP contribution >= 0.6 is 0 Å². The zero-order valence-electron chi connectivity index (χ0n) is 7.61. The number of anilines is 1. The van der Waals surface area contributed by atoms with E-state index in [-0.39, 0.29) is 0 Å². The van der Waals surface area contributed by atoms with Crippen LogP contribution in [-0.4, -0.2) is 10.1 Å². The smallest absolute Gasteiger partial charge is 0.190 e. The van der Waals surface area contributed by atoms with Gasteiger partial charge >= 0.3 is 0 Å². The van der Waals surface area contributed by atoms with E-state index in [1.807, 2.05) is 13.0 Å². The molecule has 0 fully saturated rings. The Morgan fingerprint density at radius 1 is 1.64 bits per heavy atom. The third-order valence-electron chi connectivity index (χ3n) is 2.00. The van der Waals surface area contributed by atoms with E-state index in [0.717, 1.165) is 0 Å². The predicted octanol–water partition coefficient (Wildman–Crippen LogP) is 1.24. The summed E-state index contributed by atoms with van der Waals surface area (Å²) in [6.45, 7) is 1.93. The number of nitrogens with two attached hydrogens (primary N) is 1. The van der Waals surface area contributed by atoms with Gasteiger partial charge in [-0.15, -0.1) is 0 Å². The Labute approximate surface area is 80.1 Å². The van der Waals surface area contributed by atoms with E-state index < -0.39 is 0 Å². The van der Waals surface area contributed by atoms with Crippen molar-refractivity contribution in [1.29, 1.82) is 5.26 Å². The van der Waals surface area contributed by atoms with Crippen LogP contribution in [0.25, 0.3) is 11.0 Å². The van der Waals surface area contributed by atoms with Gasteiger partial charge in [0.25, 0.3) is 0 Å². The lowest BCUT2D eigenvalue weighted by Crippen LogP contribution is -1.92. The van der Waals surface area contributed by atoms with Crippen LogP contribution in [0.4, 0.5) is 5.82 Å². The molecule has 2 aromatic heterocycles. The van der Waals surface area contributed by atoms with Gasteiger partial charge in [-0.05, 0) is 12.5 Å². The third-order valence-corrected chi connectivity index (χ3v) is 2.00. The lowest BCUT2D eigenvalue weighted by atomic mass is 10.2. The van der Waals surface area contributed by atoms with E-state index in [0.29, 0.717) is 34.6 Å². The highest BCUT2D eigenvalue weighted by molar-refractivity contribution is 5.88. The number of nitrogens with zero attached hydrogens (tertiary/aromatic N) is 3. The fraction of sp³-hybridized carbons (Fsp3) is 0.222. The van der Waals surface area contributed by atoms with Crippen molar-refractivity contribution in [2.75, 3.05) is 5.73 Å². The Kier molecular flexibility index (Phi) is 1.82. The summed E-state index contributed by atoms with van der Waals surface area (Å²) in [6.07, 6.45) is 0.681. The van der Waals surface area contributed by atoms with Crippen molar-refractivity contribution >= 4 is 16.8 Å². The average Bonchev–Trinajstić information content (AvgIpc) is 2.59. The zero-order chi connectivity index (χ0) is 10.1. The van der Waals surface area contributed by atoms with Crippen LogP contribution in [0, 0.1) is 11.3 Å². The fourth-order valence-corrected chi connectivity index (χ4v) is 1.32. The van der Waals surface area contributed by atoms with Gasteiger partial charge in [0.2, 0.25) is 0 Å². The van der Waals surface area contributed by atoms with Gasteiger partial charge in [-0.3, -0.25) is 0 Å². The van der Waals surface area contributed by atoms with Crippen molar-refractivity contribution in [1.82, 2.24) is 10.1 Å². The van der Waals surface area contributed by atoms with Crippen molar-refractivity contribution in [2.24, 2.45) is 0 Å². The summed E-state index contributed by atoms with van der Waals surface area (Å²) in [7, 11) is 0. The Morgan fingerprint density at radius 2 is 2.43 bits per heavy atom. The molecule has 0 aliphatic carbocycles. The molecule has 0 atom stereocenters. The van der Waals surface area contributed by atoms with Gasteiger partial charge in [0.15, 0.2) is 11.4 Å². The highest BCUT2D eigenvalue weighted by Crippen LogP contribution is 2.23. The van der Waals surface area contributed by atoms with E-state index in [4.69, 9.17) is 15.5 Å². The van der Waals surface area contributed by atoms with Gasteiger partial charge in [0.05, 0.1) is 11.1 Å². The summed E-state index contributed by atoms with van der Waals surface area (Å²) in [6, 6.07) is 3.56. The Balaban J connectivity index is 2.84. The molecule has 0 saturated heterocycles. The van der Waals surface area contributed by atoms with Crippen LogP contribution in [-0.2, 0) is 6.42 Å². The summed E-state index contributed by atoms with van der Waals surface area (Å²) >= 11 is 0. The van der Waals surface area contributed by atoms with Crippen LogP contribution < -0.4 is 5.73 Å². The van der Waals surface area contributed by atoms with Gasteiger partial charge in [0, 0.05) is 0 Å². The quantitative estimate of drug-likeness (QED) is 0.727. The average molecular weight is 188 g/mol. The van der Waals surface area contributed by atoms with Crippen LogP contribution in [0.15, 0.2) is 10.6 Å². The van der Waals surface area contributed by atoms with Crippen molar-refractivity contribution in [3.63, 3.8) is 0 Å².